The molecule has 36 heavy (non-hydrogen) atoms. The van der Waals surface area contributed by atoms with Gasteiger partial charge in [-0.3, -0.25) is 9.69 Å². The molecule has 1 N–H and O–H groups in total. The number of amides is 1. The molecule has 3 nitrogen and oxygen atoms in total. The maximum atomic E-state index is 13.4. The molecule has 1 heterocycles. The number of hydrogen-bond acceptors (Lipinski definition) is 2. The van der Waals surface area contributed by atoms with E-state index < -0.39 is 0 Å². The zero-order valence-corrected chi connectivity index (χ0v) is 20.9. The summed E-state index contributed by atoms with van der Waals surface area (Å²) >= 11 is 6.01. The van der Waals surface area contributed by atoms with Gasteiger partial charge in [0.1, 0.15) is 0 Å². The standard InChI is InChI=1S/C32H29ClN2O/c33-29-16-12-26(13-17-29)27-14-18-30(19-15-27)34-32(36)31(28-6-2-1-3-7-28)22-24-8-10-25(11-9-24)23-35-20-4-5-21-35/h1-3,6-19,22H,4-5,20-21,23H2,(H,34,36). The molecule has 1 saturated heterocycles. The average molecular weight is 493 g/mol. The van der Waals surface area contributed by atoms with Crippen molar-refractivity contribution in [3.63, 3.8) is 0 Å². The summed E-state index contributed by atoms with van der Waals surface area (Å²) < 4.78 is 0. The van der Waals surface area contributed by atoms with Crippen molar-refractivity contribution in [2.75, 3.05) is 18.4 Å². The number of nitrogens with zero attached hydrogens (tertiary/aromatic N) is 1. The third-order valence-electron chi connectivity index (χ3n) is 6.55. The summed E-state index contributed by atoms with van der Waals surface area (Å²) in [6.45, 7) is 3.35. The van der Waals surface area contributed by atoms with E-state index in [4.69, 9.17) is 11.6 Å². The third-order valence-corrected chi connectivity index (χ3v) is 6.80. The van der Waals surface area contributed by atoms with Gasteiger partial charge < -0.3 is 5.32 Å². The SMILES string of the molecule is O=C(Nc1ccc(-c2ccc(Cl)cc2)cc1)C(=Cc1ccc(CN2CCCC2)cc1)c1ccccc1. The summed E-state index contributed by atoms with van der Waals surface area (Å²) in [7, 11) is 0. The van der Waals surface area contributed by atoms with Crippen molar-refractivity contribution in [2.24, 2.45) is 0 Å². The Bertz CT molecular complexity index is 1320. The summed E-state index contributed by atoms with van der Waals surface area (Å²) in [6.07, 6.45) is 4.55. The van der Waals surface area contributed by atoms with Crippen molar-refractivity contribution in [1.82, 2.24) is 4.90 Å². The van der Waals surface area contributed by atoms with Gasteiger partial charge in [0.15, 0.2) is 0 Å². The zero-order valence-electron chi connectivity index (χ0n) is 20.2. The highest BCUT2D eigenvalue weighted by atomic mass is 35.5. The van der Waals surface area contributed by atoms with Gasteiger partial charge in [-0.15, -0.1) is 0 Å². The number of carbonyl (C=O) groups excluding carboxylic acids is 1. The zero-order chi connectivity index (χ0) is 24.7. The molecule has 1 aliphatic heterocycles. The molecule has 0 aliphatic carbocycles. The van der Waals surface area contributed by atoms with E-state index in [2.05, 4.69) is 34.5 Å². The number of halogens is 1. The van der Waals surface area contributed by atoms with Crippen molar-refractivity contribution in [3.8, 4) is 11.1 Å². The molecule has 180 valence electrons. The van der Waals surface area contributed by atoms with Crippen LogP contribution in [0.3, 0.4) is 0 Å². The highest BCUT2D eigenvalue weighted by Crippen LogP contribution is 2.25. The summed E-state index contributed by atoms with van der Waals surface area (Å²) in [5.41, 5.74) is 6.72. The third kappa shape index (κ3) is 6.12. The largest absolute Gasteiger partial charge is 0.322 e. The molecule has 0 aromatic heterocycles. The van der Waals surface area contributed by atoms with E-state index in [0.29, 0.717) is 10.6 Å². The van der Waals surface area contributed by atoms with Gasteiger partial charge in [-0.25, -0.2) is 0 Å². The fourth-order valence-electron chi connectivity index (χ4n) is 4.57. The smallest absolute Gasteiger partial charge is 0.256 e. The Balaban J connectivity index is 1.34. The van der Waals surface area contributed by atoms with Gasteiger partial charge in [0.2, 0.25) is 0 Å². The van der Waals surface area contributed by atoms with Crippen molar-refractivity contribution >= 4 is 34.8 Å². The Morgan fingerprint density at radius 2 is 1.39 bits per heavy atom. The molecular weight excluding hydrogens is 464 g/mol. The van der Waals surface area contributed by atoms with Gasteiger partial charge in [-0.1, -0.05) is 90.5 Å². The number of likely N-dealkylation sites (tertiary alicyclic amines) is 1. The average Bonchev–Trinajstić information content (AvgIpc) is 3.43. The minimum absolute atomic E-state index is 0.137. The number of rotatable bonds is 7. The maximum absolute atomic E-state index is 13.4. The number of nitrogens with one attached hydrogen (secondary N) is 1. The van der Waals surface area contributed by atoms with Crippen LogP contribution < -0.4 is 5.32 Å². The quantitative estimate of drug-likeness (QED) is 0.211. The lowest BCUT2D eigenvalue weighted by Gasteiger charge is -2.14. The van der Waals surface area contributed by atoms with Crippen LogP contribution in [0.2, 0.25) is 5.02 Å². The van der Waals surface area contributed by atoms with E-state index in [1.165, 1.54) is 31.5 Å². The molecule has 5 rings (SSSR count). The van der Waals surface area contributed by atoms with Crippen LogP contribution in [0.25, 0.3) is 22.8 Å². The van der Waals surface area contributed by atoms with E-state index in [0.717, 1.165) is 34.5 Å². The fraction of sp³-hybridized carbons (Fsp3) is 0.156. The number of benzene rings is 4. The Hall–Kier alpha value is -3.66. The van der Waals surface area contributed by atoms with Crippen LogP contribution in [0.4, 0.5) is 5.69 Å². The lowest BCUT2D eigenvalue weighted by atomic mass is 10.0. The Labute approximate surface area is 218 Å². The minimum atomic E-state index is -0.137. The molecule has 4 aromatic rings. The highest BCUT2D eigenvalue weighted by Gasteiger charge is 2.14. The first-order valence-corrected chi connectivity index (χ1v) is 12.8. The minimum Gasteiger partial charge on any atom is -0.322 e. The Kier molecular flexibility index (Phi) is 7.61. The molecule has 0 spiro atoms. The topological polar surface area (TPSA) is 32.3 Å². The molecule has 1 fully saturated rings. The van der Waals surface area contributed by atoms with E-state index in [9.17, 15) is 4.79 Å². The molecule has 0 atom stereocenters. The summed E-state index contributed by atoms with van der Waals surface area (Å²) in [5.74, 6) is -0.137. The maximum Gasteiger partial charge on any atom is 0.256 e. The van der Waals surface area contributed by atoms with Crippen LogP contribution in [-0.4, -0.2) is 23.9 Å². The van der Waals surface area contributed by atoms with Crippen LogP contribution in [0.5, 0.6) is 0 Å². The lowest BCUT2D eigenvalue weighted by molar-refractivity contribution is -0.111. The molecule has 4 aromatic carbocycles. The van der Waals surface area contributed by atoms with E-state index in [1.54, 1.807) is 0 Å². The molecule has 0 unspecified atom stereocenters. The van der Waals surface area contributed by atoms with Crippen molar-refractivity contribution < 1.29 is 4.79 Å². The van der Waals surface area contributed by atoms with Gasteiger partial charge in [0.05, 0.1) is 0 Å². The molecular formula is C32H29ClN2O. The fourth-order valence-corrected chi connectivity index (χ4v) is 4.70. The highest BCUT2D eigenvalue weighted by molar-refractivity contribution is 6.30. The van der Waals surface area contributed by atoms with Crippen molar-refractivity contribution in [2.45, 2.75) is 19.4 Å². The molecule has 4 heteroatoms. The molecule has 0 saturated carbocycles. The van der Waals surface area contributed by atoms with E-state index >= 15 is 0 Å². The second kappa shape index (κ2) is 11.4. The molecule has 0 bridgehead atoms. The molecule has 1 amide bonds. The van der Waals surface area contributed by atoms with Gasteiger partial charge in [-0.05, 0) is 84.1 Å². The first kappa shape index (κ1) is 24.1. The van der Waals surface area contributed by atoms with Crippen LogP contribution in [0.1, 0.15) is 29.5 Å². The number of anilines is 1. The van der Waals surface area contributed by atoms with Crippen molar-refractivity contribution in [3.05, 3.63) is 125 Å². The number of hydrogen-bond donors (Lipinski definition) is 1. The van der Waals surface area contributed by atoms with Gasteiger partial charge in [0, 0.05) is 22.8 Å². The predicted molar refractivity (Wildman–Crippen MR) is 151 cm³/mol. The predicted octanol–water partition coefficient (Wildman–Crippen LogP) is 7.78. The van der Waals surface area contributed by atoms with Gasteiger partial charge in [0.25, 0.3) is 5.91 Å². The van der Waals surface area contributed by atoms with Gasteiger partial charge >= 0.3 is 0 Å². The Morgan fingerprint density at radius 3 is 2.03 bits per heavy atom. The van der Waals surface area contributed by atoms with Gasteiger partial charge in [-0.2, -0.15) is 0 Å². The van der Waals surface area contributed by atoms with E-state index in [1.807, 2.05) is 84.9 Å². The van der Waals surface area contributed by atoms with Crippen LogP contribution in [0.15, 0.2) is 103 Å². The van der Waals surface area contributed by atoms with Crippen molar-refractivity contribution in [1.29, 1.82) is 0 Å². The monoisotopic (exact) mass is 492 g/mol. The second-order valence-electron chi connectivity index (χ2n) is 9.19. The second-order valence-corrected chi connectivity index (χ2v) is 9.62. The van der Waals surface area contributed by atoms with Crippen LogP contribution in [0, 0.1) is 0 Å². The lowest BCUT2D eigenvalue weighted by Crippen LogP contribution is -2.18. The van der Waals surface area contributed by atoms with E-state index in [-0.39, 0.29) is 5.91 Å². The Morgan fingerprint density at radius 1 is 0.778 bits per heavy atom. The number of carbonyl (C=O) groups is 1. The first-order chi connectivity index (χ1) is 17.6. The summed E-state index contributed by atoms with van der Waals surface area (Å²) in [6, 6.07) is 33.9. The summed E-state index contributed by atoms with van der Waals surface area (Å²) in [5, 5.41) is 3.79. The normalized spacial score (nSPS) is 14.1. The van der Waals surface area contributed by atoms with Crippen LogP contribution >= 0.6 is 11.6 Å². The first-order valence-electron chi connectivity index (χ1n) is 12.4. The molecule has 1 aliphatic rings. The summed E-state index contributed by atoms with van der Waals surface area (Å²) in [4.78, 5) is 15.9. The molecule has 0 radical (unpaired) electrons. The van der Waals surface area contributed by atoms with Crippen LogP contribution in [-0.2, 0) is 11.3 Å².